The van der Waals surface area contributed by atoms with E-state index in [0.29, 0.717) is 0 Å². The maximum absolute atomic E-state index is 7.01. The minimum absolute atomic E-state index is 0.0419. The molecule has 3 heteroatoms. The molecule has 208 valence electrons. The van der Waals surface area contributed by atoms with E-state index in [1.807, 2.05) is 0 Å². The molecule has 0 heterocycles. The zero-order valence-corrected chi connectivity index (χ0v) is 25.8. The van der Waals surface area contributed by atoms with E-state index in [0.717, 1.165) is 13.0 Å². The molecule has 0 bridgehead atoms. The number of unbranched alkanes of at least 4 members (excludes halogenated alkanes) is 13. The Morgan fingerprint density at radius 3 is 1.35 bits per heavy atom. The highest BCUT2D eigenvalue weighted by molar-refractivity contribution is 6.92. The zero-order chi connectivity index (χ0) is 26.8. The Hall–Kier alpha value is -1.42. The first-order chi connectivity index (χ1) is 17.9. The van der Waals surface area contributed by atoms with Gasteiger partial charge in [0.2, 0.25) is 0 Å². The van der Waals surface area contributed by atoms with Gasteiger partial charge in [0, 0.05) is 12.7 Å². The molecular weight excluding hydrogens is 468 g/mol. The molecule has 0 aliphatic rings. The van der Waals surface area contributed by atoms with Crippen molar-refractivity contribution in [3.63, 3.8) is 0 Å². The second-order valence-corrected chi connectivity index (χ2v) is 14.8. The Kier molecular flexibility index (Phi) is 15.4. The third kappa shape index (κ3) is 11.9. The molecule has 0 N–H and O–H groups in total. The molecule has 0 saturated carbocycles. The van der Waals surface area contributed by atoms with Gasteiger partial charge in [0.05, 0.1) is 0 Å². The van der Waals surface area contributed by atoms with Crippen molar-refractivity contribution < 1.29 is 8.85 Å². The highest BCUT2D eigenvalue weighted by Gasteiger charge is 2.45. The van der Waals surface area contributed by atoms with Gasteiger partial charge in [0.25, 0.3) is 0 Å². The van der Waals surface area contributed by atoms with E-state index in [1.54, 1.807) is 0 Å². The summed E-state index contributed by atoms with van der Waals surface area (Å²) in [5.41, 5.74) is 0.0419. The van der Waals surface area contributed by atoms with Crippen LogP contribution in [0.5, 0.6) is 0 Å². The summed E-state index contributed by atoms with van der Waals surface area (Å²) in [6, 6.07) is 21.4. The quantitative estimate of drug-likeness (QED) is 0.127. The van der Waals surface area contributed by atoms with E-state index in [2.05, 4.69) is 95.3 Å². The monoisotopic (exact) mass is 524 g/mol. The van der Waals surface area contributed by atoms with Gasteiger partial charge in [-0.3, -0.25) is 0 Å². The lowest BCUT2D eigenvalue weighted by atomic mass is 9.91. The predicted molar refractivity (Wildman–Crippen MR) is 164 cm³/mol. The fourth-order valence-electron chi connectivity index (χ4n) is 4.76. The topological polar surface area (TPSA) is 18.5 Å². The molecular formula is C34H56O2Si. The molecule has 0 saturated heterocycles. The number of benzene rings is 2. The average Bonchev–Trinajstić information content (AvgIpc) is 2.90. The summed E-state index contributed by atoms with van der Waals surface area (Å²) in [6.07, 6.45) is 19.2. The van der Waals surface area contributed by atoms with E-state index in [-0.39, 0.29) is 11.5 Å². The van der Waals surface area contributed by atoms with Crippen LogP contribution in [0.1, 0.15) is 125 Å². The Morgan fingerprint density at radius 2 is 0.973 bits per heavy atom. The maximum atomic E-state index is 7.01. The summed E-state index contributed by atoms with van der Waals surface area (Å²) in [6.45, 7) is 12.0. The molecule has 0 radical (unpaired) electrons. The zero-order valence-electron chi connectivity index (χ0n) is 24.8. The largest absolute Gasteiger partial charge is 0.407 e. The van der Waals surface area contributed by atoms with Gasteiger partial charge in [-0.05, 0) is 29.1 Å². The fraction of sp³-hybridized carbons (Fsp3) is 0.647. The van der Waals surface area contributed by atoms with Crippen LogP contribution in [0.3, 0.4) is 0 Å². The van der Waals surface area contributed by atoms with Crippen LogP contribution < -0.4 is 10.4 Å². The van der Waals surface area contributed by atoms with Gasteiger partial charge in [-0.1, -0.05) is 172 Å². The summed E-state index contributed by atoms with van der Waals surface area (Å²) < 4.78 is 13.9. The van der Waals surface area contributed by atoms with Crippen LogP contribution in [-0.4, -0.2) is 21.3 Å². The van der Waals surface area contributed by atoms with E-state index >= 15 is 0 Å². The summed E-state index contributed by atoms with van der Waals surface area (Å²) in [5.74, 6) is 0. The first-order valence-electron chi connectivity index (χ1n) is 15.3. The molecule has 0 amide bonds. The van der Waals surface area contributed by atoms with E-state index in [9.17, 15) is 0 Å². The minimum atomic E-state index is -2.83. The smallest absolute Gasteiger partial charge is 0.388 e. The van der Waals surface area contributed by atoms with Crippen LogP contribution in [0, 0.1) is 5.41 Å². The maximum Gasteiger partial charge on any atom is 0.407 e. The lowest BCUT2D eigenvalue weighted by Crippen LogP contribution is -2.65. The molecule has 1 atom stereocenters. The first kappa shape index (κ1) is 31.8. The van der Waals surface area contributed by atoms with Crippen molar-refractivity contribution in [3.05, 3.63) is 60.7 Å². The SMILES string of the molecule is CCCCCCCCCCCCCCCCO[Si](OC(C)C(C)(C)C)(c1ccccc1)c1ccccc1. The molecule has 0 aromatic heterocycles. The van der Waals surface area contributed by atoms with Crippen molar-refractivity contribution in [1.29, 1.82) is 0 Å². The third-order valence-corrected chi connectivity index (χ3v) is 11.2. The summed E-state index contributed by atoms with van der Waals surface area (Å²) in [4.78, 5) is 0. The van der Waals surface area contributed by atoms with Crippen molar-refractivity contribution in [2.75, 3.05) is 6.61 Å². The number of hydrogen-bond donors (Lipinski definition) is 0. The molecule has 37 heavy (non-hydrogen) atoms. The van der Waals surface area contributed by atoms with Crippen LogP contribution in [0.15, 0.2) is 60.7 Å². The van der Waals surface area contributed by atoms with E-state index in [1.165, 1.54) is 93.8 Å². The predicted octanol–water partition coefficient (Wildman–Crippen LogP) is 9.19. The third-order valence-electron chi connectivity index (χ3n) is 7.67. The molecule has 2 nitrogen and oxygen atoms in total. The van der Waals surface area contributed by atoms with Crippen LogP contribution in [-0.2, 0) is 8.85 Å². The van der Waals surface area contributed by atoms with Crippen molar-refractivity contribution in [2.24, 2.45) is 5.41 Å². The van der Waals surface area contributed by atoms with Gasteiger partial charge in [0.15, 0.2) is 0 Å². The second-order valence-electron chi connectivity index (χ2n) is 11.9. The average molecular weight is 525 g/mol. The number of rotatable bonds is 20. The Morgan fingerprint density at radius 1 is 0.595 bits per heavy atom. The molecule has 1 unspecified atom stereocenters. The highest BCUT2D eigenvalue weighted by Crippen LogP contribution is 2.26. The van der Waals surface area contributed by atoms with Gasteiger partial charge in [-0.15, -0.1) is 0 Å². The van der Waals surface area contributed by atoms with Gasteiger partial charge < -0.3 is 8.85 Å². The lowest BCUT2D eigenvalue weighted by molar-refractivity contribution is 0.0637. The van der Waals surface area contributed by atoms with Gasteiger partial charge in [0.1, 0.15) is 0 Å². The summed E-state index contributed by atoms with van der Waals surface area (Å²) in [7, 11) is -2.83. The normalized spacial score (nSPS) is 13.1. The molecule has 0 aliphatic heterocycles. The van der Waals surface area contributed by atoms with Crippen LogP contribution in [0.4, 0.5) is 0 Å². The second kappa shape index (κ2) is 18.0. The lowest BCUT2D eigenvalue weighted by Gasteiger charge is -2.38. The molecule has 2 aromatic rings. The fourth-order valence-corrected chi connectivity index (χ4v) is 8.31. The number of hydrogen-bond acceptors (Lipinski definition) is 2. The summed E-state index contributed by atoms with van der Waals surface area (Å²) >= 11 is 0. The van der Waals surface area contributed by atoms with E-state index < -0.39 is 8.56 Å². The van der Waals surface area contributed by atoms with Crippen LogP contribution >= 0.6 is 0 Å². The van der Waals surface area contributed by atoms with Crippen molar-refractivity contribution in [3.8, 4) is 0 Å². The Bertz CT molecular complexity index is 760. The van der Waals surface area contributed by atoms with E-state index in [4.69, 9.17) is 8.85 Å². The first-order valence-corrected chi connectivity index (χ1v) is 17.1. The van der Waals surface area contributed by atoms with Gasteiger partial charge in [-0.25, -0.2) is 0 Å². The van der Waals surface area contributed by atoms with Crippen LogP contribution in [0.2, 0.25) is 0 Å². The molecule has 2 aromatic carbocycles. The molecule has 0 aliphatic carbocycles. The van der Waals surface area contributed by atoms with Gasteiger partial charge in [-0.2, -0.15) is 0 Å². The van der Waals surface area contributed by atoms with Crippen molar-refractivity contribution in [1.82, 2.24) is 0 Å². The Labute approximate surface area is 230 Å². The molecule has 0 fully saturated rings. The summed E-state index contributed by atoms with van der Waals surface area (Å²) in [5, 5.41) is 2.39. The van der Waals surface area contributed by atoms with Gasteiger partial charge >= 0.3 is 8.56 Å². The standard InChI is InChI=1S/C34H56O2Si/c1-6-7-8-9-10-11-12-13-14-15-16-17-18-25-30-35-37(32-26-21-19-22-27-32,33-28-23-20-24-29-33)36-31(2)34(3,4)5/h19-24,26-29,31H,6-18,25,30H2,1-5H3. The molecule has 0 spiro atoms. The Balaban J connectivity index is 1.82. The van der Waals surface area contributed by atoms with Crippen molar-refractivity contribution >= 4 is 18.9 Å². The highest BCUT2D eigenvalue weighted by atomic mass is 28.4. The van der Waals surface area contributed by atoms with Crippen LogP contribution in [0.25, 0.3) is 0 Å². The van der Waals surface area contributed by atoms with Crippen molar-refractivity contribution in [2.45, 2.75) is 131 Å². The minimum Gasteiger partial charge on any atom is -0.388 e. The molecule has 2 rings (SSSR count).